The molecular weight excluding hydrogens is 528 g/mol. The van der Waals surface area contributed by atoms with Gasteiger partial charge in [0.1, 0.15) is 0 Å². The highest BCUT2D eigenvalue weighted by atomic mass is 14.2. The highest BCUT2D eigenvalue weighted by molar-refractivity contribution is 6.24. The number of benzene rings is 9. The third-order valence-corrected chi connectivity index (χ3v) is 7.06. The van der Waals surface area contributed by atoms with Gasteiger partial charge in [0.15, 0.2) is 0 Å². The van der Waals surface area contributed by atoms with E-state index in [1.807, 2.05) is 0 Å². The third kappa shape index (κ3) is 3.92. The van der Waals surface area contributed by atoms with Crippen molar-refractivity contribution in [1.82, 2.24) is 0 Å². The summed E-state index contributed by atoms with van der Waals surface area (Å²) in [6.07, 6.45) is 0. The molecule has 0 saturated carbocycles. The lowest BCUT2D eigenvalue weighted by molar-refractivity contribution is 1.66. The fourth-order valence-corrected chi connectivity index (χ4v) is 5.16. The average molecular weight is 585 g/mol. The van der Waals surface area contributed by atoms with Crippen LogP contribution in [0.5, 0.6) is 0 Å². The van der Waals surface area contributed by atoms with Crippen LogP contribution in [-0.4, -0.2) is 0 Å². The van der Waals surface area contributed by atoms with Crippen LogP contribution < -0.4 is 0 Å². The minimum Gasteiger partial charge on any atom is -0.0616 e. The molecule has 0 radical (unpaired) electrons. The predicted molar refractivity (Wildman–Crippen MR) is 190 cm³/mol. The normalized spacial score (nSPS) is 20.5. The molecule has 0 fully saturated rings. The van der Waals surface area contributed by atoms with E-state index in [-0.39, 0.29) is 0 Å². The zero-order chi connectivity index (χ0) is 53.4. The minimum absolute atomic E-state index is 0.598. The van der Waals surface area contributed by atoms with E-state index < -0.39 is 256 Å². The van der Waals surface area contributed by atoms with Crippen molar-refractivity contribution in [1.29, 1.82) is 0 Å². The van der Waals surface area contributed by atoms with Crippen molar-refractivity contribution in [3.8, 4) is 33.4 Å². The van der Waals surface area contributed by atoms with Crippen molar-refractivity contribution < 1.29 is 38.4 Å². The topological polar surface area (TPSA) is 0 Å². The Hall–Kier alpha value is -5.72. The fraction of sp³-hybridized carbons (Fsp3) is 0. The molecule has 0 N–H and O–H groups in total. The highest BCUT2D eigenvalue weighted by Crippen LogP contribution is 2.46. The largest absolute Gasteiger partial charge is 0.0636 e. The summed E-state index contributed by atoms with van der Waals surface area (Å²) in [5, 5.41) is -7.20. The molecule has 0 aromatic heterocycles. The van der Waals surface area contributed by atoms with Gasteiger partial charge in [0.25, 0.3) is 0 Å². The van der Waals surface area contributed by atoms with E-state index in [2.05, 4.69) is 0 Å². The summed E-state index contributed by atoms with van der Waals surface area (Å²) in [7, 11) is 0. The molecule has 0 spiro atoms. The Bertz CT molecular complexity index is 4110. The molecule has 0 atom stereocenters. The van der Waals surface area contributed by atoms with Crippen LogP contribution in [0.15, 0.2) is 169 Å². The van der Waals surface area contributed by atoms with Crippen LogP contribution >= 0.6 is 0 Å². The molecule has 0 saturated heterocycles. The molecule has 0 heterocycles. The Morgan fingerprint density at radius 2 is 0.750 bits per heavy atom. The van der Waals surface area contributed by atoms with Gasteiger partial charge < -0.3 is 0 Å². The molecule has 9 aromatic rings. The molecule has 0 bridgehead atoms. The maximum Gasteiger partial charge on any atom is 0.0636 e. The van der Waals surface area contributed by atoms with Gasteiger partial charge in [-0.1, -0.05) is 151 Å². The monoisotopic (exact) mass is 584 g/mol. The smallest absolute Gasteiger partial charge is 0.0616 e. The summed E-state index contributed by atoms with van der Waals surface area (Å²) in [5.74, 6) is 0. The second-order valence-corrected chi connectivity index (χ2v) is 9.50. The summed E-state index contributed by atoms with van der Waals surface area (Å²) in [6, 6.07) is -26.8. The van der Waals surface area contributed by atoms with E-state index >= 15 is 0 Å². The second-order valence-electron chi connectivity index (χ2n) is 9.50. The molecule has 0 amide bonds. The van der Waals surface area contributed by atoms with Gasteiger partial charge in [-0.05, 0) is 105 Å². The first-order valence-electron chi connectivity index (χ1n) is 27.0. The highest BCUT2D eigenvalue weighted by Gasteiger charge is 2.19. The fourth-order valence-electron chi connectivity index (χ4n) is 5.16. The Morgan fingerprint density at radius 1 is 0.273 bits per heavy atom. The lowest BCUT2D eigenvalue weighted by atomic mass is 9.83. The SMILES string of the molecule is [2H]c1c([2H])c([2H])c2c([2H])c(-c3c([2H])c([2H])c4c(-c5c([2H])c([2H])c([2H])c6c([2H])c([2H])c([2H])c([2H])c56)c5c([2H])c([2H])c([2H])c([2H])c5c(-c5c([2H])c([2H])c6c([2H])c([2H])c([2H])c([2H])c6c5[2H])c4c3[2H])c([2H])c([2H])c2c1[2H]. The van der Waals surface area contributed by atoms with Crippen LogP contribution in [0, 0.1) is 0 Å². The van der Waals surface area contributed by atoms with Crippen LogP contribution in [-0.2, 0) is 0 Å². The van der Waals surface area contributed by atoms with Crippen LogP contribution in [0.2, 0.25) is 0 Å². The minimum atomic E-state index is -1.12. The molecule has 0 aliphatic heterocycles. The van der Waals surface area contributed by atoms with Gasteiger partial charge in [-0.3, -0.25) is 0 Å². The average Bonchev–Trinajstić information content (AvgIpc) is 3.34. The van der Waals surface area contributed by atoms with Gasteiger partial charge in [0.05, 0.1) is 38.4 Å². The summed E-state index contributed by atoms with van der Waals surface area (Å²) in [5.41, 5.74) is -5.02. The zero-order valence-electron chi connectivity index (χ0n) is 50.0. The van der Waals surface area contributed by atoms with E-state index in [0.717, 1.165) is 0 Å². The van der Waals surface area contributed by atoms with Crippen LogP contribution in [0.1, 0.15) is 38.4 Å². The van der Waals surface area contributed by atoms with Crippen molar-refractivity contribution in [3.63, 3.8) is 0 Å². The lowest BCUT2D eigenvalue weighted by Crippen LogP contribution is -1.92. The Kier molecular flexibility index (Phi) is 2.18. The van der Waals surface area contributed by atoms with E-state index in [0.29, 0.717) is 0 Å². The lowest BCUT2D eigenvalue weighted by Gasteiger charge is -2.20. The molecule has 0 nitrogen and oxygen atoms in total. The number of hydrogen-bond donors (Lipinski definition) is 0. The quantitative estimate of drug-likeness (QED) is 0.181. The standard InChI is InChI=1S/C44H28/c1-3-13-32-26-34(22-20-29(32)10-1)35-24-25-41-42(28-35)43(36-23-21-30-11-2-4-14-33(30)27-36)39-17-7-8-18-40(39)44(41)38-19-9-15-31-12-5-6-16-37(31)38/h1-28H/i1D,2D,3D,4D,5D,6D,7D,8D,9D,10D,11D,12D,13D,14D,15D,16D,17D,18D,19D,20D,21D,22D,23D,24D,25D,26D,27D,28D. The number of fused-ring (bicyclic) bond motifs is 5. The maximum absolute atomic E-state index is 10.1. The molecule has 9 aromatic carbocycles. The maximum atomic E-state index is 10.1. The molecule has 0 aliphatic carbocycles. The predicted octanol–water partition coefficient (Wildman–Crippen LogP) is 12.5. The van der Waals surface area contributed by atoms with Crippen molar-refractivity contribution in [2.24, 2.45) is 0 Å². The Labute approximate surface area is 295 Å². The first-order valence-corrected chi connectivity index (χ1v) is 13.0. The van der Waals surface area contributed by atoms with Gasteiger partial charge in [0.2, 0.25) is 0 Å². The van der Waals surface area contributed by atoms with Gasteiger partial charge >= 0.3 is 0 Å². The number of hydrogen-bond acceptors (Lipinski definition) is 0. The molecule has 0 aliphatic rings. The zero-order valence-corrected chi connectivity index (χ0v) is 22.0. The molecular formula is C44H28. The molecule has 9 rings (SSSR count). The summed E-state index contributed by atoms with van der Waals surface area (Å²) in [6.45, 7) is 0. The van der Waals surface area contributed by atoms with Crippen LogP contribution in [0.25, 0.3) is 87.2 Å². The van der Waals surface area contributed by atoms with E-state index in [1.165, 1.54) is 0 Å². The first-order chi connectivity index (χ1) is 33.5. The van der Waals surface area contributed by atoms with Crippen molar-refractivity contribution >= 4 is 53.9 Å². The molecule has 0 heteroatoms. The van der Waals surface area contributed by atoms with Gasteiger partial charge in [-0.2, -0.15) is 0 Å². The van der Waals surface area contributed by atoms with Crippen molar-refractivity contribution in [3.05, 3.63) is 169 Å². The Balaban J connectivity index is 1.72. The van der Waals surface area contributed by atoms with Gasteiger partial charge in [-0.15, -0.1) is 0 Å². The van der Waals surface area contributed by atoms with Gasteiger partial charge in [0, 0.05) is 0 Å². The van der Waals surface area contributed by atoms with Crippen LogP contribution in [0.4, 0.5) is 0 Å². The summed E-state index contributed by atoms with van der Waals surface area (Å²) < 4.78 is 252. The van der Waals surface area contributed by atoms with Crippen LogP contribution in [0.3, 0.4) is 0 Å². The first kappa shape index (κ1) is 9.64. The third-order valence-electron chi connectivity index (χ3n) is 7.06. The van der Waals surface area contributed by atoms with E-state index in [1.54, 1.807) is 0 Å². The second kappa shape index (κ2) is 9.93. The van der Waals surface area contributed by atoms with E-state index in [4.69, 9.17) is 23.3 Å². The Morgan fingerprint density at radius 3 is 1.48 bits per heavy atom. The number of rotatable bonds is 3. The van der Waals surface area contributed by atoms with Crippen molar-refractivity contribution in [2.45, 2.75) is 0 Å². The summed E-state index contributed by atoms with van der Waals surface area (Å²) >= 11 is 0. The molecule has 44 heavy (non-hydrogen) atoms. The molecule has 204 valence electrons. The van der Waals surface area contributed by atoms with Gasteiger partial charge in [-0.25, -0.2) is 0 Å². The summed E-state index contributed by atoms with van der Waals surface area (Å²) in [4.78, 5) is 0. The van der Waals surface area contributed by atoms with Crippen molar-refractivity contribution in [2.75, 3.05) is 0 Å². The molecule has 0 unspecified atom stereocenters. The van der Waals surface area contributed by atoms with E-state index in [9.17, 15) is 15.1 Å².